The van der Waals surface area contributed by atoms with Crippen LogP contribution in [0.4, 0.5) is 5.95 Å². The average Bonchev–Trinajstić information content (AvgIpc) is 2.72. The molecule has 2 aromatic rings. The Morgan fingerprint density at radius 2 is 2.21 bits per heavy atom. The van der Waals surface area contributed by atoms with Crippen LogP contribution in [-0.2, 0) is 11.2 Å². The van der Waals surface area contributed by atoms with Crippen LogP contribution >= 0.6 is 0 Å². The Balaban J connectivity index is 2.37. The van der Waals surface area contributed by atoms with Gasteiger partial charge in [0.05, 0.1) is 6.42 Å². The Hall–Kier alpha value is -2.44. The van der Waals surface area contributed by atoms with Crippen molar-refractivity contribution in [3.05, 3.63) is 29.6 Å². The molecule has 2 rings (SSSR count). The van der Waals surface area contributed by atoms with Crippen LogP contribution < -0.4 is 11.1 Å². The highest BCUT2D eigenvalue weighted by Gasteiger charge is 2.14. The molecular formula is C12H16N6O. The number of nitrogens with zero attached hydrogens (tertiary/aromatic N) is 4. The molecule has 7 nitrogen and oxygen atoms in total. The highest BCUT2D eigenvalue weighted by atomic mass is 16.1. The number of fused-ring (bicyclic) bond motifs is 1. The minimum atomic E-state index is -0.0830. The summed E-state index contributed by atoms with van der Waals surface area (Å²) >= 11 is 0. The molecule has 0 bridgehead atoms. The first-order valence-electron chi connectivity index (χ1n) is 5.89. The van der Waals surface area contributed by atoms with Crippen molar-refractivity contribution in [2.24, 2.45) is 0 Å². The van der Waals surface area contributed by atoms with E-state index in [-0.39, 0.29) is 18.3 Å². The lowest BCUT2D eigenvalue weighted by Crippen LogP contribution is -2.26. The van der Waals surface area contributed by atoms with E-state index in [0.717, 1.165) is 17.0 Å². The molecule has 0 unspecified atom stereocenters. The number of carbonyl (C=O) groups excluding carboxylic acids is 1. The van der Waals surface area contributed by atoms with Crippen LogP contribution in [-0.4, -0.2) is 32.0 Å². The molecule has 7 heteroatoms. The number of aromatic nitrogens is 4. The van der Waals surface area contributed by atoms with Crippen molar-refractivity contribution >= 4 is 17.6 Å². The Kier molecular flexibility index (Phi) is 3.46. The van der Waals surface area contributed by atoms with Crippen molar-refractivity contribution in [3.63, 3.8) is 0 Å². The zero-order chi connectivity index (χ0) is 14.0. The zero-order valence-corrected chi connectivity index (χ0v) is 11.0. The smallest absolute Gasteiger partial charge is 0.254 e. The van der Waals surface area contributed by atoms with E-state index >= 15 is 0 Å². The van der Waals surface area contributed by atoms with Gasteiger partial charge in [-0.3, -0.25) is 4.79 Å². The van der Waals surface area contributed by atoms with Gasteiger partial charge in [0.15, 0.2) is 0 Å². The van der Waals surface area contributed by atoms with Gasteiger partial charge in [0.2, 0.25) is 11.9 Å². The molecule has 0 aliphatic rings. The monoisotopic (exact) mass is 260 g/mol. The fourth-order valence-corrected chi connectivity index (χ4v) is 1.89. The third kappa shape index (κ3) is 2.54. The SMILES string of the molecule is C=CCNC(=O)Cc1c(C)nc2nc(N)nn2c1C. The van der Waals surface area contributed by atoms with Crippen LogP contribution in [0.5, 0.6) is 0 Å². The second kappa shape index (κ2) is 5.05. The van der Waals surface area contributed by atoms with Crippen LogP contribution in [0.2, 0.25) is 0 Å². The molecule has 100 valence electrons. The van der Waals surface area contributed by atoms with Gasteiger partial charge in [-0.15, -0.1) is 11.7 Å². The van der Waals surface area contributed by atoms with Gasteiger partial charge in [0.25, 0.3) is 5.78 Å². The van der Waals surface area contributed by atoms with Gasteiger partial charge in [0.1, 0.15) is 0 Å². The van der Waals surface area contributed by atoms with Gasteiger partial charge in [0, 0.05) is 23.5 Å². The molecule has 2 heterocycles. The molecular weight excluding hydrogens is 244 g/mol. The van der Waals surface area contributed by atoms with Crippen molar-refractivity contribution in [1.29, 1.82) is 0 Å². The number of hydrogen-bond donors (Lipinski definition) is 2. The summed E-state index contributed by atoms with van der Waals surface area (Å²) in [5.74, 6) is 0.534. The topological polar surface area (TPSA) is 98.2 Å². The summed E-state index contributed by atoms with van der Waals surface area (Å²) in [7, 11) is 0. The van der Waals surface area contributed by atoms with Crippen LogP contribution in [0.3, 0.4) is 0 Å². The number of aryl methyl sites for hydroxylation is 2. The van der Waals surface area contributed by atoms with Crippen LogP contribution in [0.25, 0.3) is 5.78 Å². The van der Waals surface area contributed by atoms with Crippen molar-refractivity contribution in [2.45, 2.75) is 20.3 Å². The minimum Gasteiger partial charge on any atom is -0.366 e. The van der Waals surface area contributed by atoms with E-state index in [1.165, 1.54) is 0 Å². The first-order valence-corrected chi connectivity index (χ1v) is 5.89. The molecule has 0 saturated carbocycles. The third-order valence-corrected chi connectivity index (χ3v) is 2.85. The number of rotatable bonds is 4. The Labute approximate surface area is 110 Å². The van der Waals surface area contributed by atoms with Crippen LogP contribution in [0.1, 0.15) is 17.0 Å². The lowest BCUT2D eigenvalue weighted by atomic mass is 10.1. The first kappa shape index (κ1) is 13.0. The second-order valence-electron chi connectivity index (χ2n) is 4.21. The molecule has 19 heavy (non-hydrogen) atoms. The van der Waals surface area contributed by atoms with Crippen LogP contribution in [0.15, 0.2) is 12.7 Å². The number of anilines is 1. The summed E-state index contributed by atoms with van der Waals surface area (Å²) in [5.41, 5.74) is 7.96. The molecule has 0 aliphatic heterocycles. The highest BCUT2D eigenvalue weighted by molar-refractivity contribution is 5.79. The number of nitrogens with two attached hydrogens (primary N) is 1. The summed E-state index contributed by atoms with van der Waals surface area (Å²) in [4.78, 5) is 20.1. The average molecular weight is 260 g/mol. The van der Waals surface area contributed by atoms with Gasteiger partial charge in [-0.2, -0.15) is 9.50 Å². The maximum atomic E-state index is 11.8. The summed E-state index contributed by atoms with van der Waals surface area (Å²) in [6.45, 7) is 7.71. The molecule has 0 saturated heterocycles. The van der Waals surface area contributed by atoms with Gasteiger partial charge in [-0.1, -0.05) is 6.08 Å². The fraction of sp³-hybridized carbons (Fsp3) is 0.333. The van der Waals surface area contributed by atoms with Crippen molar-refractivity contribution in [1.82, 2.24) is 24.9 Å². The van der Waals surface area contributed by atoms with Crippen molar-refractivity contribution in [2.75, 3.05) is 12.3 Å². The fourth-order valence-electron chi connectivity index (χ4n) is 1.89. The lowest BCUT2D eigenvalue weighted by Gasteiger charge is -2.09. The molecule has 0 radical (unpaired) electrons. The summed E-state index contributed by atoms with van der Waals surface area (Å²) in [6, 6.07) is 0. The number of carbonyl (C=O) groups is 1. The van der Waals surface area contributed by atoms with Crippen molar-refractivity contribution in [3.8, 4) is 0 Å². The molecule has 2 aromatic heterocycles. The van der Waals surface area contributed by atoms with E-state index in [0.29, 0.717) is 12.3 Å². The van der Waals surface area contributed by atoms with Gasteiger partial charge in [-0.05, 0) is 13.8 Å². The standard InChI is InChI=1S/C12H16N6O/c1-4-5-14-10(19)6-9-7(2)15-12-16-11(13)17-18(12)8(9)3/h4H,1,5-6H2,2-3H3,(H2,13,17)(H,14,19). The predicted molar refractivity (Wildman–Crippen MR) is 71.6 cm³/mol. The van der Waals surface area contributed by atoms with Gasteiger partial charge in [-0.25, -0.2) is 4.98 Å². The zero-order valence-electron chi connectivity index (χ0n) is 11.0. The second-order valence-corrected chi connectivity index (χ2v) is 4.21. The molecule has 1 amide bonds. The lowest BCUT2D eigenvalue weighted by molar-refractivity contribution is -0.120. The normalized spacial score (nSPS) is 10.6. The maximum Gasteiger partial charge on any atom is 0.254 e. The van der Waals surface area contributed by atoms with Crippen LogP contribution in [0, 0.1) is 13.8 Å². The maximum absolute atomic E-state index is 11.8. The highest BCUT2D eigenvalue weighted by Crippen LogP contribution is 2.14. The number of amides is 1. The minimum absolute atomic E-state index is 0.0830. The molecule has 0 fully saturated rings. The predicted octanol–water partition coefficient (Wildman–Crippen LogP) is 0.168. The Morgan fingerprint density at radius 3 is 2.89 bits per heavy atom. The van der Waals surface area contributed by atoms with Crippen molar-refractivity contribution < 1.29 is 4.79 Å². The third-order valence-electron chi connectivity index (χ3n) is 2.85. The van der Waals surface area contributed by atoms with E-state index in [2.05, 4.69) is 27.0 Å². The molecule has 0 aliphatic carbocycles. The summed E-state index contributed by atoms with van der Waals surface area (Å²) in [6.07, 6.45) is 1.88. The van der Waals surface area contributed by atoms with E-state index in [1.807, 2.05) is 13.8 Å². The summed E-state index contributed by atoms with van der Waals surface area (Å²) in [5, 5.41) is 6.79. The van der Waals surface area contributed by atoms with E-state index in [4.69, 9.17) is 5.73 Å². The van der Waals surface area contributed by atoms with Gasteiger partial charge < -0.3 is 11.1 Å². The number of nitrogen functional groups attached to an aromatic ring is 1. The Bertz CT molecular complexity index is 645. The van der Waals surface area contributed by atoms with E-state index < -0.39 is 0 Å². The quantitative estimate of drug-likeness (QED) is 0.763. The van der Waals surface area contributed by atoms with E-state index in [1.54, 1.807) is 10.6 Å². The molecule has 3 N–H and O–H groups in total. The van der Waals surface area contributed by atoms with Gasteiger partial charge >= 0.3 is 0 Å². The largest absolute Gasteiger partial charge is 0.366 e. The van der Waals surface area contributed by atoms with E-state index in [9.17, 15) is 4.79 Å². The molecule has 0 aromatic carbocycles. The first-order chi connectivity index (χ1) is 9.02. The molecule has 0 spiro atoms. The molecule has 0 atom stereocenters. The summed E-state index contributed by atoms with van der Waals surface area (Å²) < 4.78 is 1.55. The number of nitrogens with one attached hydrogen (secondary N) is 1. The Morgan fingerprint density at radius 1 is 1.47 bits per heavy atom. The number of hydrogen-bond acceptors (Lipinski definition) is 5.